The number of nitrogens with zero attached hydrogens (tertiary/aromatic N) is 1. The third kappa shape index (κ3) is 2.66. The second-order valence-corrected chi connectivity index (χ2v) is 5.34. The van der Waals surface area contributed by atoms with Crippen molar-refractivity contribution in [3.8, 4) is 0 Å². The van der Waals surface area contributed by atoms with E-state index in [1.54, 1.807) is 6.07 Å². The highest BCUT2D eigenvalue weighted by Gasteiger charge is 2.26. The Hall–Kier alpha value is -1.09. The zero-order chi connectivity index (χ0) is 13.1. The van der Waals surface area contributed by atoms with E-state index in [1.807, 2.05) is 12.1 Å². The third-order valence-electron chi connectivity index (χ3n) is 4.11. The molecule has 0 bridgehead atoms. The lowest BCUT2D eigenvalue weighted by atomic mass is 9.91. The van der Waals surface area contributed by atoms with Crippen LogP contribution in [0, 0.1) is 11.7 Å². The van der Waals surface area contributed by atoms with Crippen LogP contribution in [-0.4, -0.2) is 12.6 Å². The van der Waals surface area contributed by atoms with Crippen LogP contribution in [0.3, 0.4) is 0 Å². The molecule has 1 heterocycles. The molecule has 100 valence electrons. The zero-order valence-electron chi connectivity index (χ0n) is 11.3. The Bertz CT molecular complexity index is 405. The van der Waals surface area contributed by atoms with Crippen molar-refractivity contribution >= 4 is 5.69 Å². The summed E-state index contributed by atoms with van der Waals surface area (Å²) in [6.45, 7) is 5.76. The van der Waals surface area contributed by atoms with E-state index in [-0.39, 0.29) is 5.82 Å². The molecule has 1 aromatic carbocycles. The molecule has 1 aliphatic rings. The second-order valence-electron chi connectivity index (χ2n) is 5.34. The lowest BCUT2D eigenvalue weighted by Gasteiger charge is -2.39. The minimum Gasteiger partial charge on any atom is -0.366 e. The van der Waals surface area contributed by atoms with Gasteiger partial charge in [-0.05, 0) is 43.4 Å². The SMILES string of the molecule is CCC1CCC(C)N(c2ccc(CN)cc2F)C1. The van der Waals surface area contributed by atoms with Gasteiger partial charge in [0.1, 0.15) is 5.82 Å². The Morgan fingerprint density at radius 3 is 2.78 bits per heavy atom. The van der Waals surface area contributed by atoms with Crippen molar-refractivity contribution in [2.24, 2.45) is 11.7 Å². The summed E-state index contributed by atoms with van der Waals surface area (Å²) in [7, 11) is 0. The summed E-state index contributed by atoms with van der Waals surface area (Å²) >= 11 is 0. The van der Waals surface area contributed by atoms with Gasteiger partial charge in [-0.25, -0.2) is 4.39 Å². The average Bonchev–Trinajstić information content (AvgIpc) is 2.39. The first-order chi connectivity index (χ1) is 8.65. The Morgan fingerprint density at radius 2 is 2.17 bits per heavy atom. The van der Waals surface area contributed by atoms with Gasteiger partial charge in [0.25, 0.3) is 0 Å². The molecule has 1 aromatic rings. The molecule has 1 fully saturated rings. The molecule has 18 heavy (non-hydrogen) atoms. The summed E-state index contributed by atoms with van der Waals surface area (Å²) in [6, 6.07) is 5.80. The van der Waals surface area contributed by atoms with Crippen LogP contribution < -0.4 is 10.6 Å². The number of nitrogens with two attached hydrogens (primary N) is 1. The Kier molecular flexibility index (Phi) is 4.23. The Balaban J connectivity index is 2.23. The molecule has 0 radical (unpaired) electrons. The first-order valence-electron chi connectivity index (χ1n) is 6.90. The van der Waals surface area contributed by atoms with Crippen molar-refractivity contribution in [1.82, 2.24) is 0 Å². The Labute approximate surface area is 109 Å². The normalized spacial score (nSPS) is 24.3. The first kappa shape index (κ1) is 13.3. The van der Waals surface area contributed by atoms with Gasteiger partial charge in [-0.15, -0.1) is 0 Å². The van der Waals surface area contributed by atoms with Crippen molar-refractivity contribution in [3.05, 3.63) is 29.6 Å². The van der Waals surface area contributed by atoms with Crippen LogP contribution in [0.1, 0.15) is 38.7 Å². The zero-order valence-corrected chi connectivity index (χ0v) is 11.3. The van der Waals surface area contributed by atoms with E-state index >= 15 is 0 Å². The van der Waals surface area contributed by atoms with Crippen LogP contribution in [0.25, 0.3) is 0 Å². The molecule has 1 aliphatic heterocycles. The van der Waals surface area contributed by atoms with Gasteiger partial charge in [-0.3, -0.25) is 0 Å². The molecule has 1 saturated heterocycles. The molecule has 2 N–H and O–H groups in total. The fourth-order valence-corrected chi connectivity index (χ4v) is 2.76. The first-order valence-corrected chi connectivity index (χ1v) is 6.90. The van der Waals surface area contributed by atoms with E-state index in [0.717, 1.165) is 24.2 Å². The lowest BCUT2D eigenvalue weighted by Crippen LogP contribution is -2.42. The molecule has 2 unspecified atom stereocenters. The van der Waals surface area contributed by atoms with Gasteiger partial charge >= 0.3 is 0 Å². The monoisotopic (exact) mass is 250 g/mol. The number of rotatable bonds is 3. The van der Waals surface area contributed by atoms with Crippen LogP contribution in [0.2, 0.25) is 0 Å². The van der Waals surface area contributed by atoms with Gasteiger partial charge < -0.3 is 10.6 Å². The lowest BCUT2D eigenvalue weighted by molar-refractivity contribution is 0.356. The maximum absolute atomic E-state index is 14.1. The van der Waals surface area contributed by atoms with Crippen molar-refractivity contribution in [3.63, 3.8) is 0 Å². The van der Waals surface area contributed by atoms with Crippen LogP contribution in [0.5, 0.6) is 0 Å². The molecular weight excluding hydrogens is 227 g/mol. The number of benzene rings is 1. The molecule has 3 heteroatoms. The van der Waals surface area contributed by atoms with E-state index in [4.69, 9.17) is 5.73 Å². The summed E-state index contributed by atoms with van der Waals surface area (Å²) in [5, 5.41) is 0. The quantitative estimate of drug-likeness (QED) is 0.892. The average molecular weight is 250 g/mol. The standard InChI is InChI=1S/C15H23FN2/c1-3-12-5-4-11(2)18(10-12)15-7-6-13(9-17)8-14(15)16/h6-8,11-12H,3-5,9-10,17H2,1-2H3. The van der Waals surface area contributed by atoms with E-state index in [1.165, 1.54) is 12.8 Å². The maximum atomic E-state index is 14.1. The molecule has 0 aromatic heterocycles. The van der Waals surface area contributed by atoms with Crippen molar-refractivity contribution < 1.29 is 4.39 Å². The summed E-state index contributed by atoms with van der Waals surface area (Å²) < 4.78 is 14.1. The highest BCUT2D eigenvalue weighted by Crippen LogP contribution is 2.31. The van der Waals surface area contributed by atoms with Crippen LogP contribution >= 0.6 is 0 Å². The predicted octanol–water partition coefficient (Wildman–Crippen LogP) is 3.30. The minimum absolute atomic E-state index is 0.137. The van der Waals surface area contributed by atoms with Gasteiger partial charge in [-0.1, -0.05) is 19.4 Å². The molecular formula is C15H23FN2. The number of piperidine rings is 1. The van der Waals surface area contributed by atoms with Crippen LogP contribution in [0.15, 0.2) is 18.2 Å². The minimum atomic E-state index is -0.137. The predicted molar refractivity (Wildman–Crippen MR) is 74.1 cm³/mol. The molecule has 0 spiro atoms. The van der Waals surface area contributed by atoms with E-state index in [0.29, 0.717) is 18.5 Å². The summed E-state index contributed by atoms with van der Waals surface area (Å²) in [6.07, 6.45) is 3.58. The maximum Gasteiger partial charge on any atom is 0.146 e. The highest BCUT2D eigenvalue weighted by atomic mass is 19.1. The van der Waals surface area contributed by atoms with Crippen LogP contribution in [-0.2, 0) is 6.54 Å². The smallest absolute Gasteiger partial charge is 0.146 e. The van der Waals surface area contributed by atoms with Crippen molar-refractivity contribution in [2.45, 2.75) is 45.7 Å². The van der Waals surface area contributed by atoms with Gasteiger partial charge in [0, 0.05) is 19.1 Å². The third-order valence-corrected chi connectivity index (χ3v) is 4.11. The van der Waals surface area contributed by atoms with Gasteiger partial charge in [-0.2, -0.15) is 0 Å². The molecule has 2 nitrogen and oxygen atoms in total. The topological polar surface area (TPSA) is 29.3 Å². The van der Waals surface area contributed by atoms with E-state index < -0.39 is 0 Å². The fraction of sp³-hybridized carbons (Fsp3) is 0.600. The van der Waals surface area contributed by atoms with Crippen LogP contribution in [0.4, 0.5) is 10.1 Å². The van der Waals surface area contributed by atoms with Gasteiger partial charge in [0.2, 0.25) is 0 Å². The number of anilines is 1. The van der Waals surface area contributed by atoms with Crippen molar-refractivity contribution in [1.29, 1.82) is 0 Å². The molecule has 0 saturated carbocycles. The second kappa shape index (κ2) is 5.70. The number of hydrogen-bond donors (Lipinski definition) is 1. The van der Waals surface area contributed by atoms with Crippen molar-refractivity contribution in [2.75, 3.05) is 11.4 Å². The number of halogens is 1. The fourth-order valence-electron chi connectivity index (χ4n) is 2.76. The molecule has 2 atom stereocenters. The highest BCUT2D eigenvalue weighted by molar-refractivity contribution is 5.50. The molecule has 0 aliphatic carbocycles. The summed E-state index contributed by atoms with van der Waals surface area (Å²) in [5.41, 5.74) is 7.13. The van der Waals surface area contributed by atoms with Gasteiger partial charge in [0.05, 0.1) is 5.69 Å². The molecule has 0 amide bonds. The van der Waals surface area contributed by atoms with E-state index in [9.17, 15) is 4.39 Å². The van der Waals surface area contributed by atoms with E-state index in [2.05, 4.69) is 18.7 Å². The Morgan fingerprint density at radius 1 is 1.39 bits per heavy atom. The molecule has 2 rings (SSSR count). The summed E-state index contributed by atoms with van der Waals surface area (Å²) in [5.74, 6) is 0.552. The number of hydrogen-bond acceptors (Lipinski definition) is 2. The summed E-state index contributed by atoms with van der Waals surface area (Å²) in [4.78, 5) is 2.22. The largest absolute Gasteiger partial charge is 0.366 e. The van der Waals surface area contributed by atoms with Gasteiger partial charge in [0.15, 0.2) is 0 Å².